The molecule has 1 aliphatic rings. The molecule has 0 heterocycles. The lowest BCUT2D eigenvalue weighted by Gasteiger charge is -2.13. The fourth-order valence-corrected chi connectivity index (χ4v) is 4.46. The summed E-state index contributed by atoms with van der Waals surface area (Å²) in [6.45, 7) is 0. The largest absolute Gasteiger partial charge is 0.416 e. The van der Waals surface area contributed by atoms with Gasteiger partial charge in [-0.05, 0) is 49.2 Å². The van der Waals surface area contributed by atoms with E-state index in [9.17, 15) is 26.4 Å². The number of benzene rings is 2. The summed E-state index contributed by atoms with van der Waals surface area (Å²) in [6.07, 6.45) is -1.05. The van der Waals surface area contributed by atoms with Gasteiger partial charge in [0.15, 0.2) is 0 Å². The zero-order valence-corrected chi connectivity index (χ0v) is 15.6. The third-order valence-electron chi connectivity index (χ3n) is 4.53. The van der Waals surface area contributed by atoms with Gasteiger partial charge in [0.25, 0.3) is 5.91 Å². The molecule has 1 amide bonds. The Kier molecular flexibility index (Phi) is 5.76. The lowest BCUT2D eigenvalue weighted by molar-refractivity contribution is -0.137. The third kappa shape index (κ3) is 4.90. The van der Waals surface area contributed by atoms with Gasteiger partial charge in [-0.2, -0.15) is 13.2 Å². The first kappa shape index (κ1) is 20.3. The number of rotatable bonds is 5. The molecule has 1 saturated carbocycles. The highest BCUT2D eigenvalue weighted by Crippen LogP contribution is 2.30. The Labute approximate surface area is 164 Å². The van der Waals surface area contributed by atoms with Crippen LogP contribution in [0.4, 0.5) is 18.9 Å². The summed E-state index contributed by atoms with van der Waals surface area (Å²) in [5.41, 5.74) is -0.883. The molecule has 28 heavy (non-hydrogen) atoms. The topological polar surface area (TPSA) is 75.3 Å². The van der Waals surface area contributed by atoms with Crippen molar-refractivity contribution in [3.63, 3.8) is 0 Å². The Hall–Kier alpha value is -2.39. The molecular formula is C19H23F3N2O3S. The number of nitrogens with one attached hydrogen (secondary N) is 2. The predicted molar refractivity (Wildman–Crippen MR) is 103 cm³/mol. The summed E-state index contributed by atoms with van der Waals surface area (Å²) >= 11 is 0. The van der Waals surface area contributed by atoms with E-state index in [1.807, 2.05) is 0 Å². The third-order valence-corrected chi connectivity index (χ3v) is 6.05. The van der Waals surface area contributed by atoms with Crippen LogP contribution in [0.1, 0.15) is 44.5 Å². The Morgan fingerprint density at radius 3 is 2.39 bits per heavy atom. The van der Waals surface area contributed by atoms with Crippen LogP contribution in [-0.2, 0) is 16.2 Å². The van der Waals surface area contributed by atoms with Gasteiger partial charge in [0.1, 0.15) is 0 Å². The quantitative estimate of drug-likeness (QED) is 0.744. The molecule has 2 aromatic carbocycles. The summed E-state index contributed by atoms with van der Waals surface area (Å²) in [5, 5.41) is 2.37. The van der Waals surface area contributed by atoms with Crippen LogP contribution in [0.2, 0.25) is 0 Å². The number of carbonyl (C=O) groups excluding carboxylic acids is 1. The smallest absolute Gasteiger partial charge is 0.322 e. The standard InChI is InChI=1S/C19H19F3N2O3S.2H2/c20-19(21,22)14-6-4-9-16(12-14)23-18(25)13-5-3-10-17(11-13)28(26,27)24-15-7-1-2-8-15;;/h3-6,9-12,15,24H,1-2,7-8H2,(H,23,25);2*1H. The number of hydrogen-bond donors (Lipinski definition) is 2. The summed E-state index contributed by atoms with van der Waals surface area (Å²) in [5.74, 6) is -0.697. The van der Waals surface area contributed by atoms with Gasteiger partial charge in [0.05, 0.1) is 10.5 Å². The maximum atomic E-state index is 12.8. The molecule has 3 rings (SSSR count). The van der Waals surface area contributed by atoms with E-state index in [1.54, 1.807) is 0 Å². The second-order valence-electron chi connectivity index (χ2n) is 6.66. The van der Waals surface area contributed by atoms with Crippen molar-refractivity contribution in [1.82, 2.24) is 4.72 Å². The van der Waals surface area contributed by atoms with Crippen LogP contribution in [0.15, 0.2) is 53.4 Å². The average molecular weight is 416 g/mol. The molecule has 0 aromatic heterocycles. The fourth-order valence-electron chi connectivity index (χ4n) is 3.11. The van der Waals surface area contributed by atoms with Gasteiger partial charge in [-0.1, -0.05) is 25.0 Å². The molecule has 154 valence electrons. The highest BCUT2D eigenvalue weighted by atomic mass is 32.2. The summed E-state index contributed by atoms with van der Waals surface area (Å²) in [7, 11) is -3.78. The maximum Gasteiger partial charge on any atom is 0.416 e. The van der Waals surface area contributed by atoms with Crippen LogP contribution in [0.3, 0.4) is 0 Å². The van der Waals surface area contributed by atoms with Crippen LogP contribution >= 0.6 is 0 Å². The van der Waals surface area contributed by atoms with Crippen molar-refractivity contribution in [2.24, 2.45) is 0 Å². The Morgan fingerprint density at radius 2 is 1.71 bits per heavy atom. The predicted octanol–water partition coefficient (Wildman–Crippen LogP) is 4.67. The van der Waals surface area contributed by atoms with E-state index in [1.165, 1.54) is 36.4 Å². The van der Waals surface area contributed by atoms with Gasteiger partial charge in [0.2, 0.25) is 10.0 Å². The molecule has 0 saturated heterocycles. The second-order valence-corrected chi connectivity index (χ2v) is 8.38. The van der Waals surface area contributed by atoms with Crippen molar-refractivity contribution < 1.29 is 29.2 Å². The van der Waals surface area contributed by atoms with Gasteiger partial charge in [-0.15, -0.1) is 0 Å². The zero-order valence-electron chi connectivity index (χ0n) is 14.8. The van der Waals surface area contributed by atoms with Crippen molar-refractivity contribution in [3.8, 4) is 0 Å². The SMILES string of the molecule is O=C(Nc1cccc(C(F)(F)F)c1)c1cccc(S(=O)(=O)NC2CCCC2)c1.[HH].[HH]. The Morgan fingerprint density at radius 1 is 1.04 bits per heavy atom. The first-order chi connectivity index (χ1) is 13.1. The van der Waals surface area contributed by atoms with E-state index in [-0.39, 0.29) is 25.0 Å². The molecule has 2 N–H and O–H groups in total. The molecule has 0 spiro atoms. The van der Waals surface area contributed by atoms with Gasteiger partial charge in [-0.25, -0.2) is 13.1 Å². The van der Waals surface area contributed by atoms with E-state index in [0.717, 1.165) is 37.8 Å². The van der Waals surface area contributed by atoms with Crippen molar-refractivity contribution in [2.45, 2.75) is 42.8 Å². The van der Waals surface area contributed by atoms with Gasteiger partial charge < -0.3 is 5.32 Å². The van der Waals surface area contributed by atoms with Gasteiger partial charge >= 0.3 is 6.18 Å². The molecule has 9 heteroatoms. The minimum absolute atomic E-state index is 0. The molecule has 1 fully saturated rings. The highest BCUT2D eigenvalue weighted by Gasteiger charge is 2.30. The molecule has 5 nitrogen and oxygen atoms in total. The number of amides is 1. The van der Waals surface area contributed by atoms with Crippen LogP contribution < -0.4 is 10.0 Å². The average Bonchev–Trinajstić information content (AvgIpc) is 3.13. The number of alkyl halides is 3. The fraction of sp³-hybridized carbons (Fsp3) is 0.316. The molecular weight excluding hydrogens is 393 g/mol. The molecule has 0 unspecified atom stereocenters. The number of anilines is 1. The van der Waals surface area contributed by atoms with Crippen LogP contribution in [-0.4, -0.2) is 20.4 Å². The van der Waals surface area contributed by atoms with Crippen LogP contribution in [0.5, 0.6) is 0 Å². The molecule has 0 bridgehead atoms. The van der Waals surface area contributed by atoms with Crippen molar-refractivity contribution in [3.05, 3.63) is 59.7 Å². The highest BCUT2D eigenvalue weighted by molar-refractivity contribution is 7.89. The van der Waals surface area contributed by atoms with E-state index in [2.05, 4.69) is 10.0 Å². The lowest BCUT2D eigenvalue weighted by atomic mass is 10.1. The van der Waals surface area contributed by atoms with Crippen molar-refractivity contribution in [1.29, 1.82) is 0 Å². The summed E-state index contributed by atoms with van der Waals surface area (Å²) in [6, 6.07) is 9.52. The minimum Gasteiger partial charge on any atom is -0.322 e. The molecule has 1 aliphatic carbocycles. The van der Waals surface area contributed by atoms with Crippen LogP contribution in [0, 0.1) is 0 Å². The first-order valence-electron chi connectivity index (χ1n) is 8.76. The monoisotopic (exact) mass is 416 g/mol. The van der Waals surface area contributed by atoms with E-state index in [0.29, 0.717) is 0 Å². The number of halogens is 3. The number of hydrogen-bond acceptors (Lipinski definition) is 3. The zero-order chi connectivity index (χ0) is 20.4. The Bertz CT molecular complexity index is 979. The summed E-state index contributed by atoms with van der Waals surface area (Å²) in [4.78, 5) is 12.3. The molecule has 0 aliphatic heterocycles. The maximum absolute atomic E-state index is 12.8. The van der Waals surface area contributed by atoms with E-state index in [4.69, 9.17) is 0 Å². The van der Waals surface area contributed by atoms with E-state index < -0.39 is 27.7 Å². The minimum atomic E-state index is -4.53. The first-order valence-corrected chi connectivity index (χ1v) is 10.2. The van der Waals surface area contributed by atoms with Gasteiger partial charge in [-0.3, -0.25) is 4.79 Å². The second kappa shape index (κ2) is 7.92. The summed E-state index contributed by atoms with van der Waals surface area (Å²) < 4.78 is 66.0. The van der Waals surface area contributed by atoms with Gasteiger partial charge in [0, 0.05) is 20.1 Å². The van der Waals surface area contributed by atoms with Crippen molar-refractivity contribution in [2.75, 3.05) is 5.32 Å². The number of carbonyl (C=O) groups is 1. The number of sulfonamides is 1. The molecule has 2 aromatic rings. The normalized spacial score (nSPS) is 15.5. The van der Waals surface area contributed by atoms with Crippen molar-refractivity contribution >= 4 is 21.6 Å². The Balaban J connectivity index is 0.00000225. The van der Waals surface area contributed by atoms with Crippen LogP contribution in [0.25, 0.3) is 0 Å². The molecule has 0 atom stereocenters. The van der Waals surface area contributed by atoms with E-state index >= 15 is 0 Å². The lowest BCUT2D eigenvalue weighted by Crippen LogP contribution is -2.32. The molecule has 0 radical (unpaired) electrons.